The minimum atomic E-state index is -0.352. The van der Waals surface area contributed by atoms with Crippen molar-refractivity contribution in [1.82, 2.24) is 5.32 Å². The van der Waals surface area contributed by atoms with E-state index in [-0.39, 0.29) is 18.4 Å². The quantitative estimate of drug-likeness (QED) is 0.536. The van der Waals surface area contributed by atoms with Gasteiger partial charge < -0.3 is 30.6 Å². The van der Waals surface area contributed by atoms with Gasteiger partial charge in [0.25, 0.3) is 11.8 Å². The Hall–Kier alpha value is -3.26. The summed E-state index contributed by atoms with van der Waals surface area (Å²) in [6.45, 7) is 0.781. The van der Waals surface area contributed by atoms with E-state index in [9.17, 15) is 9.59 Å². The molecule has 0 aliphatic rings. The molecule has 0 saturated heterocycles. The smallest absolute Gasteiger partial charge is 0.262 e. The average molecular weight is 387 g/mol. The third kappa shape index (κ3) is 5.88. The summed E-state index contributed by atoms with van der Waals surface area (Å²) in [6, 6.07) is 11.8. The molecule has 2 aromatic rings. The number of carbonyl (C=O) groups excluding carboxylic acids is 2. The number of benzene rings is 2. The molecule has 0 atom stereocenters. The number of nitrogens with one attached hydrogen (secondary N) is 2. The molecule has 2 amide bonds. The molecule has 2 aromatic carbocycles. The van der Waals surface area contributed by atoms with Crippen molar-refractivity contribution in [2.24, 2.45) is 5.73 Å². The van der Waals surface area contributed by atoms with E-state index < -0.39 is 0 Å². The van der Waals surface area contributed by atoms with Crippen LogP contribution in [0.1, 0.15) is 16.8 Å². The van der Waals surface area contributed by atoms with Crippen molar-refractivity contribution in [2.75, 3.05) is 39.2 Å². The van der Waals surface area contributed by atoms with Crippen LogP contribution in [-0.4, -0.2) is 45.7 Å². The second-order valence-corrected chi connectivity index (χ2v) is 5.80. The SMILES string of the molecule is COc1ccccc1NC(=O)COc1ccc(C(=O)NCCCN)cc1OC. The minimum Gasteiger partial charge on any atom is -0.495 e. The Balaban J connectivity index is 1.97. The number of carbonyl (C=O) groups is 2. The fourth-order valence-corrected chi connectivity index (χ4v) is 2.41. The van der Waals surface area contributed by atoms with Crippen LogP contribution in [0.5, 0.6) is 17.2 Å². The highest BCUT2D eigenvalue weighted by Crippen LogP contribution is 2.28. The number of anilines is 1. The zero-order chi connectivity index (χ0) is 20.4. The highest BCUT2D eigenvalue weighted by molar-refractivity contribution is 5.95. The fraction of sp³-hybridized carbons (Fsp3) is 0.300. The van der Waals surface area contributed by atoms with Crippen molar-refractivity contribution in [3.63, 3.8) is 0 Å². The maximum Gasteiger partial charge on any atom is 0.262 e. The topological polar surface area (TPSA) is 112 Å². The van der Waals surface area contributed by atoms with E-state index in [2.05, 4.69) is 10.6 Å². The molecule has 0 aliphatic heterocycles. The Kier molecular flexibility index (Phi) is 8.11. The molecule has 8 nitrogen and oxygen atoms in total. The molecule has 0 radical (unpaired) electrons. The summed E-state index contributed by atoms with van der Waals surface area (Å²) in [5, 5.41) is 5.49. The van der Waals surface area contributed by atoms with Crippen molar-refractivity contribution < 1.29 is 23.8 Å². The molecule has 28 heavy (non-hydrogen) atoms. The Morgan fingerprint density at radius 3 is 2.46 bits per heavy atom. The first-order valence-electron chi connectivity index (χ1n) is 8.81. The summed E-state index contributed by atoms with van der Waals surface area (Å²) in [5.41, 5.74) is 6.40. The summed E-state index contributed by atoms with van der Waals surface area (Å²) < 4.78 is 16.0. The van der Waals surface area contributed by atoms with Crippen molar-refractivity contribution in [2.45, 2.75) is 6.42 Å². The Morgan fingerprint density at radius 1 is 1.00 bits per heavy atom. The van der Waals surface area contributed by atoms with E-state index in [1.54, 1.807) is 36.4 Å². The second kappa shape index (κ2) is 10.8. The van der Waals surface area contributed by atoms with E-state index in [1.807, 2.05) is 6.07 Å². The lowest BCUT2D eigenvalue weighted by Crippen LogP contribution is -2.26. The zero-order valence-electron chi connectivity index (χ0n) is 16.0. The van der Waals surface area contributed by atoms with Gasteiger partial charge in [-0.1, -0.05) is 12.1 Å². The van der Waals surface area contributed by atoms with Crippen molar-refractivity contribution in [3.8, 4) is 17.2 Å². The Labute approximate surface area is 164 Å². The van der Waals surface area contributed by atoms with Gasteiger partial charge in [0.2, 0.25) is 0 Å². The summed E-state index contributed by atoms with van der Waals surface area (Å²) in [6.07, 6.45) is 0.700. The van der Waals surface area contributed by atoms with Gasteiger partial charge in [-0.05, 0) is 43.3 Å². The minimum absolute atomic E-state index is 0.226. The number of hydrogen-bond acceptors (Lipinski definition) is 6. The van der Waals surface area contributed by atoms with Crippen LogP contribution in [0.4, 0.5) is 5.69 Å². The lowest BCUT2D eigenvalue weighted by Gasteiger charge is -2.13. The molecule has 2 rings (SSSR count). The predicted molar refractivity (Wildman–Crippen MR) is 106 cm³/mol. The molecule has 0 fully saturated rings. The van der Waals surface area contributed by atoms with Gasteiger partial charge in [0.05, 0.1) is 19.9 Å². The van der Waals surface area contributed by atoms with Crippen LogP contribution in [0.3, 0.4) is 0 Å². The first kappa shape index (κ1) is 21.0. The average Bonchev–Trinajstić information content (AvgIpc) is 2.72. The number of ether oxygens (including phenoxy) is 3. The fourth-order valence-electron chi connectivity index (χ4n) is 2.41. The van der Waals surface area contributed by atoms with Gasteiger partial charge in [-0.15, -0.1) is 0 Å². The maximum atomic E-state index is 12.2. The van der Waals surface area contributed by atoms with E-state index in [1.165, 1.54) is 14.2 Å². The molecule has 0 heterocycles. The molecule has 0 spiro atoms. The van der Waals surface area contributed by atoms with Crippen LogP contribution in [-0.2, 0) is 4.79 Å². The molecule has 0 aliphatic carbocycles. The third-order valence-corrected chi connectivity index (χ3v) is 3.83. The molecular formula is C20H25N3O5. The molecule has 0 saturated carbocycles. The number of methoxy groups -OCH3 is 2. The standard InChI is InChI=1S/C20H25N3O5/c1-26-16-7-4-3-6-15(16)23-19(24)13-28-17-9-8-14(12-18(17)27-2)20(25)22-11-5-10-21/h3-4,6-9,12H,5,10-11,13,21H2,1-2H3,(H,22,25)(H,23,24). The molecular weight excluding hydrogens is 362 g/mol. The van der Waals surface area contributed by atoms with Crippen LogP contribution < -0.4 is 30.6 Å². The Morgan fingerprint density at radius 2 is 1.75 bits per heavy atom. The number of rotatable bonds is 10. The van der Waals surface area contributed by atoms with Crippen molar-refractivity contribution in [3.05, 3.63) is 48.0 Å². The van der Waals surface area contributed by atoms with Crippen LogP contribution in [0.2, 0.25) is 0 Å². The maximum absolute atomic E-state index is 12.2. The number of amides is 2. The summed E-state index contributed by atoms with van der Waals surface area (Å²) in [4.78, 5) is 24.3. The number of hydrogen-bond donors (Lipinski definition) is 3. The number of nitrogens with two attached hydrogens (primary N) is 1. The van der Waals surface area contributed by atoms with Crippen LogP contribution >= 0.6 is 0 Å². The van der Waals surface area contributed by atoms with Gasteiger partial charge in [0.1, 0.15) is 5.75 Å². The molecule has 0 unspecified atom stereocenters. The van der Waals surface area contributed by atoms with Gasteiger partial charge in [-0.25, -0.2) is 0 Å². The first-order chi connectivity index (χ1) is 13.6. The van der Waals surface area contributed by atoms with Crippen LogP contribution in [0.25, 0.3) is 0 Å². The van der Waals surface area contributed by atoms with Gasteiger partial charge in [-0.2, -0.15) is 0 Å². The highest BCUT2D eigenvalue weighted by Gasteiger charge is 2.13. The zero-order valence-corrected chi connectivity index (χ0v) is 16.0. The monoisotopic (exact) mass is 387 g/mol. The molecule has 0 aromatic heterocycles. The highest BCUT2D eigenvalue weighted by atomic mass is 16.5. The lowest BCUT2D eigenvalue weighted by molar-refractivity contribution is -0.118. The van der Waals surface area contributed by atoms with Crippen LogP contribution in [0, 0.1) is 0 Å². The van der Waals surface area contributed by atoms with Gasteiger partial charge in [0.15, 0.2) is 18.1 Å². The normalized spacial score (nSPS) is 10.1. The number of para-hydroxylation sites is 2. The second-order valence-electron chi connectivity index (χ2n) is 5.80. The first-order valence-corrected chi connectivity index (χ1v) is 8.81. The Bertz CT molecular complexity index is 810. The molecule has 150 valence electrons. The van der Waals surface area contributed by atoms with E-state index in [0.717, 1.165) is 0 Å². The third-order valence-electron chi connectivity index (χ3n) is 3.83. The lowest BCUT2D eigenvalue weighted by atomic mass is 10.2. The molecule has 8 heteroatoms. The summed E-state index contributed by atoms with van der Waals surface area (Å²) in [7, 11) is 2.99. The van der Waals surface area contributed by atoms with Gasteiger partial charge in [0, 0.05) is 12.1 Å². The molecule has 4 N–H and O–H groups in total. The van der Waals surface area contributed by atoms with Gasteiger partial charge in [-0.3, -0.25) is 9.59 Å². The summed E-state index contributed by atoms with van der Waals surface area (Å²) >= 11 is 0. The van der Waals surface area contributed by atoms with Crippen LogP contribution in [0.15, 0.2) is 42.5 Å². The van der Waals surface area contributed by atoms with Crippen molar-refractivity contribution >= 4 is 17.5 Å². The predicted octanol–water partition coefficient (Wildman–Crippen LogP) is 1.80. The van der Waals surface area contributed by atoms with E-state index in [0.29, 0.717) is 48.0 Å². The summed E-state index contributed by atoms with van der Waals surface area (Å²) in [5.74, 6) is 0.688. The van der Waals surface area contributed by atoms with E-state index >= 15 is 0 Å². The largest absolute Gasteiger partial charge is 0.495 e. The molecule has 0 bridgehead atoms. The van der Waals surface area contributed by atoms with Crippen molar-refractivity contribution in [1.29, 1.82) is 0 Å². The van der Waals surface area contributed by atoms with Gasteiger partial charge >= 0.3 is 0 Å². The van der Waals surface area contributed by atoms with E-state index in [4.69, 9.17) is 19.9 Å².